The van der Waals surface area contributed by atoms with Crippen LogP contribution in [0.1, 0.15) is 24.2 Å². The number of methoxy groups -OCH3 is 1. The molecule has 2 aromatic rings. The standard InChI is InChI=1S/C19H19ClFNO5/c1-4-26-16-8-5-12(9-17(16)25-3)19(24)27-11(2)18(23)22-13-6-7-15(21)14(20)10-13/h5-11H,4H2,1-3H3,(H,22,23)/t11-/m0/s1. The van der Waals surface area contributed by atoms with Crippen molar-refractivity contribution in [1.29, 1.82) is 0 Å². The first kappa shape index (κ1) is 20.5. The van der Waals surface area contributed by atoms with Gasteiger partial charge in [0, 0.05) is 5.69 Å². The zero-order valence-electron chi connectivity index (χ0n) is 15.0. The molecule has 0 aliphatic rings. The Morgan fingerprint density at radius 2 is 1.93 bits per heavy atom. The number of hydrogen-bond donors (Lipinski definition) is 1. The van der Waals surface area contributed by atoms with Gasteiger partial charge in [0.25, 0.3) is 5.91 Å². The molecule has 6 nitrogen and oxygen atoms in total. The number of esters is 1. The SMILES string of the molecule is CCOc1ccc(C(=O)O[C@@H](C)C(=O)Nc2ccc(F)c(Cl)c2)cc1OC. The lowest BCUT2D eigenvalue weighted by Gasteiger charge is -2.15. The van der Waals surface area contributed by atoms with Crippen LogP contribution in [-0.4, -0.2) is 31.7 Å². The molecule has 0 spiro atoms. The first-order valence-corrected chi connectivity index (χ1v) is 8.51. The smallest absolute Gasteiger partial charge is 0.339 e. The summed E-state index contributed by atoms with van der Waals surface area (Å²) in [5.74, 6) is -1.00. The van der Waals surface area contributed by atoms with Crippen molar-refractivity contribution in [2.24, 2.45) is 0 Å². The molecule has 0 heterocycles. The number of ether oxygens (including phenoxy) is 3. The van der Waals surface area contributed by atoms with Gasteiger partial charge in [-0.25, -0.2) is 9.18 Å². The molecule has 0 bridgehead atoms. The van der Waals surface area contributed by atoms with E-state index in [0.29, 0.717) is 18.1 Å². The molecular formula is C19H19ClFNO5. The van der Waals surface area contributed by atoms with Crippen molar-refractivity contribution in [2.75, 3.05) is 19.0 Å². The van der Waals surface area contributed by atoms with Gasteiger partial charge >= 0.3 is 5.97 Å². The molecule has 144 valence electrons. The van der Waals surface area contributed by atoms with E-state index in [1.54, 1.807) is 6.07 Å². The molecule has 0 aliphatic carbocycles. The van der Waals surface area contributed by atoms with E-state index in [0.717, 1.165) is 6.07 Å². The Morgan fingerprint density at radius 3 is 2.56 bits per heavy atom. The van der Waals surface area contributed by atoms with Crippen LogP contribution in [0.4, 0.5) is 10.1 Å². The van der Waals surface area contributed by atoms with Crippen molar-refractivity contribution in [1.82, 2.24) is 0 Å². The minimum absolute atomic E-state index is 0.126. The number of nitrogens with one attached hydrogen (secondary N) is 1. The van der Waals surface area contributed by atoms with Gasteiger partial charge in [-0.15, -0.1) is 0 Å². The van der Waals surface area contributed by atoms with Crippen molar-refractivity contribution in [3.63, 3.8) is 0 Å². The number of amides is 1. The number of benzene rings is 2. The molecular weight excluding hydrogens is 377 g/mol. The maximum atomic E-state index is 13.2. The lowest BCUT2D eigenvalue weighted by Crippen LogP contribution is -2.30. The molecule has 2 rings (SSSR count). The van der Waals surface area contributed by atoms with Crippen LogP contribution < -0.4 is 14.8 Å². The van der Waals surface area contributed by atoms with E-state index < -0.39 is 23.8 Å². The van der Waals surface area contributed by atoms with E-state index in [1.807, 2.05) is 6.92 Å². The first-order chi connectivity index (χ1) is 12.8. The van der Waals surface area contributed by atoms with Crippen LogP contribution in [-0.2, 0) is 9.53 Å². The lowest BCUT2D eigenvalue weighted by molar-refractivity contribution is -0.123. The fourth-order valence-electron chi connectivity index (χ4n) is 2.17. The van der Waals surface area contributed by atoms with Crippen LogP contribution in [0.15, 0.2) is 36.4 Å². The van der Waals surface area contributed by atoms with Gasteiger partial charge in [-0.2, -0.15) is 0 Å². The van der Waals surface area contributed by atoms with Crippen molar-refractivity contribution < 1.29 is 28.2 Å². The Hall–Kier alpha value is -2.80. The summed E-state index contributed by atoms with van der Waals surface area (Å²) < 4.78 is 28.9. The van der Waals surface area contributed by atoms with Crippen molar-refractivity contribution in [3.8, 4) is 11.5 Å². The van der Waals surface area contributed by atoms with Gasteiger partial charge in [0.1, 0.15) is 5.82 Å². The molecule has 0 unspecified atom stereocenters. The van der Waals surface area contributed by atoms with Gasteiger partial charge in [0.05, 0.1) is 24.3 Å². The fraction of sp³-hybridized carbons (Fsp3) is 0.263. The van der Waals surface area contributed by atoms with Gasteiger partial charge in [-0.1, -0.05) is 11.6 Å². The highest BCUT2D eigenvalue weighted by Crippen LogP contribution is 2.28. The monoisotopic (exact) mass is 395 g/mol. The number of hydrogen-bond acceptors (Lipinski definition) is 5. The molecule has 2 aromatic carbocycles. The molecule has 0 radical (unpaired) electrons. The normalized spacial score (nSPS) is 11.4. The highest BCUT2D eigenvalue weighted by molar-refractivity contribution is 6.31. The third-order valence-corrected chi connectivity index (χ3v) is 3.83. The van der Waals surface area contributed by atoms with E-state index in [-0.39, 0.29) is 16.3 Å². The van der Waals surface area contributed by atoms with Crippen LogP contribution in [0.3, 0.4) is 0 Å². The quantitative estimate of drug-likeness (QED) is 0.715. The Labute approximate surface area is 161 Å². The zero-order valence-corrected chi connectivity index (χ0v) is 15.8. The molecule has 0 aliphatic heterocycles. The van der Waals surface area contributed by atoms with Gasteiger partial charge in [-0.05, 0) is 50.2 Å². The van der Waals surface area contributed by atoms with Crippen LogP contribution in [0.2, 0.25) is 5.02 Å². The zero-order chi connectivity index (χ0) is 20.0. The van der Waals surface area contributed by atoms with Crippen molar-refractivity contribution in [2.45, 2.75) is 20.0 Å². The maximum absolute atomic E-state index is 13.2. The Kier molecular flexibility index (Phi) is 7.01. The number of rotatable bonds is 7. The summed E-state index contributed by atoms with van der Waals surface area (Å²) in [4.78, 5) is 24.4. The second-order valence-corrected chi connectivity index (χ2v) is 5.87. The topological polar surface area (TPSA) is 73.9 Å². The van der Waals surface area contributed by atoms with Crippen LogP contribution in [0.25, 0.3) is 0 Å². The minimum atomic E-state index is -1.08. The molecule has 8 heteroatoms. The summed E-state index contributed by atoms with van der Waals surface area (Å²) in [6.45, 7) is 3.70. The van der Waals surface area contributed by atoms with E-state index >= 15 is 0 Å². The third kappa shape index (κ3) is 5.34. The Bertz CT molecular complexity index is 843. The molecule has 1 amide bonds. The molecule has 0 fully saturated rings. The molecule has 1 atom stereocenters. The number of halogens is 2. The number of carbonyl (C=O) groups is 2. The summed E-state index contributed by atoms with van der Waals surface area (Å²) >= 11 is 5.67. The summed E-state index contributed by atoms with van der Waals surface area (Å²) in [6, 6.07) is 8.31. The predicted molar refractivity (Wildman–Crippen MR) is 99.1 cm³/mol. The van der Waals surface area contributed by atoms with Crippen molar-refractivity contribution in [3.05, 3.63) is 52.8 Å². The van der Waals surface area contributed by atoms with Gasteiger partial charge in [0.2, 0.25) is 0 Å². The summed E-state index contributed by atoms with van der Waals surface area (Å²) in [7, 11) is 1.46. The fourth-order valence-corrected chi connectivity index (χ4v) is 2.35. The average Bonchev–Trinajstić information content (AvgIpc) is 2.65. The third-order valence-electron chi connectivity index (χ3n) is 3.54. The van der Waals surface area contributed by atoms with Crippen molar-refractivity contribution >= 4 is 29.2 Å². The molecule has 0 saturated carbocycles. The minimum Gasteiger partial charge on any atom is -0.493 e. The van der Waals surface area contributed by atoms with E-state index in [4.69, 9.17) is 25.8 Å². The second-order valence-electron chi connectivity index (χ2n) is 5.46. The van der Waals surface area contributed by atoms with E-state index in [1.165, 1.54) is 38.3 Å². The van der Waals surface area contributed by atoms with Gasteiger partial charge < -0.3 is 19.5 Å². The summed E-state index contributed by atoms with van der Waals surface area (Å²) in [5.41, 5.74) is 0.497. The van der Waals surface area contributed by atoms with Crippen LogP contribution >= 0.6 is 11.6 Å². The highest BCUT2D eigenvalue weighted by atomic mass is 35.5. The largest absolute Gasteiger partial charge is 0.493 e. The number of carbonyl (C=O) groups excluding carboxylic acids is 2. The van der Waals surface area contributed by atoms with Crippen LogP contribution in [0.5, 0.6) is 11.5 Å². The lowest BCUT2D eigenvalue weighted by atomic mass is 10.2. The summed E-state index contributed by atoms with van der Waals surface area (Å²) in [5, 5.41) is 2.38. The highest BCUT2D eigenvalue weighted by Gasteiger charge is 2.20. The Balaban J connectivity index is 2.03. The average molecular weight is 396 g/mol. The molecule has 27 heavy (non-hydrogen) atoms. The first-order valence-electron chi connectivity index (χ1n) is 8.13. The Morgan fingerprint density at radius 1 is 1.19 bits per heavy atom. The van der Waals surface area contributed by atoms with Crippen LogP contribution in [0, 0.1) is 5.82 Å². The predicted octanol–water partition coefficient (Wildman–Crippen LogP) is 4.07. The summed E-state index contributed by atoms with van der Waals surface area (Å²) in [6.07, 6.45) is -1.08. The molecule has 1 N–H and O–H groups in total. The van der Waals surface area contributed by atoms with E-state index in [9.17, 15) is 14.0 Å². The molecule has 0 saturated heterocycles. The molecule has 0 aromatic heterocycles. The van der Waals surface area contributed by atoms with Gasteiger partial charge in [-0.3, -0.25) is 4.79 Å². The second kappa shape index (κ2) is 9.23. The number of anilines is 1. The van der Waals surface area contributed by atoms with E-state index in [2.05, 4.69) is 5.32 Å². The maximum Gasteiger partial charge on any atom is 0.339 e. The van der Waals surface area contributed by atoms with Gasteiger partial charge in [0.15, 0.2) is 17.6 Å².